The number of phenolic OH excluding ortho intramolecular Hbond substituents is 2. The molecule has 2 bridgehead atoms. The summed E-state index contributed by atoms with van der Waals surface area (Å²) in [6.07, 6.45) is -0.108. The van der Waals surface area contributed by atoms with Gasteiger partial charge in [-0.1, -0.05) is 92.8 Å². The lowest BCUT2D eigenvalue weighted by Gasteiger charge is -2.45. The Morgan fingerprint density at radius 1 is 0.656 bits per heavy atom. The molecule has 3 aromatic carbocycles. The lowest BCUT2D eigenvalue weighted by Crippen LogP contribution is -2.64. The Morgan fingerprint density at radius 3 is 1.92 bits per heavy atom. The quantitative estimate of drug-likeness (QED) is 0.119. The summed E-state index contributed by atoms with van der Waals surface area (Å²) in [6.45, 7) is 6.72. The molecule has 8 rings (SSSR count). The fourth-order valence-corrected chi connectivity index (χ4v) is 12.6. The second-order valence-electron chi connectivity index (χ2n) is 24.7. The molecule has 0 aliphatic carbocycles. The lowest BCUT2D eigenvalue weighted by atomic mass is 9.77. The lowest BCUT2D eigenvalue weighted by molar-refractivity contribution is -0.310. The van der Waals surface area contributed by atoms with E-state index in [1.165, 1.54) is 43.3 Å². The Labute approximate surface area is 544 Å². The van der Waals surface area contributed by atoms with Crippen molar-refractivity contribution in [3.8, 4) is 23.0 Å². The van der Waals surface area contributed by atoms with Crippen LogP contribution in [0.5, 0.6) is 23.0 Å². The molecule has 506 valence electrons. The minimum atomic E-state index is -2.46. The molecule has 0 aromatic heterocycles. The van der Waals surface area contributed by atoms with E-state index in [-0.39, 0.29) is 71.0 Å². The molecule has 19 atom stereocenters. The molecule has 5 heterocycles. The predicted molar refractivity (Wildman–Crippen MR) is 340 cm³/mol. The first-order valence-electron chi connectivity index (χ1n) is 31.2. The maximum Gasteiger partial charge on any atom is 0.340 e. The van der Waals surface area contributed by atoms with Gasteiger partial charge in [-0.3, -0.25) is 9.59 Å². The van der Waals surface area contributed by atoms with E-state index in [2.05, 4.69) is 10.6 Å². The topological polar surface area (TPSA) is 394 Å². The van der Waals surface area contributed by atoms with Crippen molar-refractivity contribution in [2.75, 3.05) is 5.32 Å². The normalized spacial score (nSPS) is 36.3. The molecule has 5 aliphatic heterocycles. The number of aliphatic carboxylic acids is 1. The van der Waals surface area contributed by atoms with Crippen molar-refractivity contribution in [2.24, 2.45) is 17.8 Å². The van der Waals surface area contributed by atoms with Crippen LogP contribution in [0.3, 0.4) is 0 Å². The summed E-state index contributed by atoms with van der Waals surface area (Å²) in [4.78, 5) is 39.5. The van der Waals surface area contributed by atoms with Gasteiger partial charge in [-0.15, -0.1) is 0 Å². The Kier molecular flexibility index (Phi) is 24.8. The number of anilines is 1. The van der Waals surface area contributed by atoms with Crippen molar-refractivity contribution in [1.82, 2.24) is 5.32 Å². The Balaban J connectivity index is 0.990. The fourth-order valence-electron chi connectivity index (χ4n) is 12.4. The van der Waals surface area contributed by atoms with Crippen molar-refractivity contribution in [3.63, 3.8) is 0 Å². The number of phenols is 2. The molecule has 24 nitrogen and oxygen atoms in total. The highest BCUT2D eigenvalue weighted by Gasteiger charge is 2.55. The molecule has 0 saturated carbocycles. The number of hydrogen-bond acceptors (Lipinski definition) is 22. The number of hydrogen-bond donors (Lipinski definition) is 15. The van der Waals surface area contributed by atoms with E-state index in [0.717, 1.165) is 0 Å². The number of nitrogens with one attached hydrogen (secondary N) is 2. The molecule has 2 saturated heterocycles. The van der Waals surface area contributed by atoms with Crippen LogP contribution in [0.15, 0.2) is 128 Å². The minimum Gasteiger partial charge on any atom is -0.508 e. The van der Waals surface area contributed by atoms with Crippen molar-refractivity contribution in [1.29, 1.82) is 0 Å². The van der Waals surface area contributed by atoms with Crippen LogP contribution in [-0.2, 0) is 38.9 Å². The monoisotopic (exact) mass is 1310 g/mol. The van der Waals surface area contributed by atoms with Gasteiger partial charge >= 0.3 is 17.9 Å². The van der Waals surface area contributed by atoms with Gasteiger partial charge in [0.2, 0.25) is 0 Å². The molecular weight excluding hydrogens is 1230 g/mol. The molecule has 14 unspecified atom stereocenters. The van der Waals surface area contributed by atoms with Crippen LogP contribution in [0, 0.1) is 17.8 Å². The SMILES string of the molecule is CC1/C=C/C=C/CC/C=C/C=C/C=C/C=C/C(O[C@@H]2O[C@H](C)[C@@H](O)[C@H](NC(=S)Nc3ccc4c(c3)C(=O)OC43c4ccc(O)cc4Oc4cc(O)ccc43)[C@@H]2O)CC2OC(O)(CC(O)C(O)CCC(O)CC(O)CC(O)CC(=O)OC(C)C(C)C1O)CC(O)C2C(=O)O. The number of carboxylic acid groups (broad SMARTS) is 1. The van der Waals surface area contributed by atoms with E-state index >= 15 is 0 Å². The zero-order valence-electron chi connectivity index (χ0n) is 52.0. The first-order valence-corrected chi connectivity index (χ1v) is 31.6. The number of allylic oxidation sites excluding steroid dienone is 10. The maximum atomic E-state index is 13.9. The van der Waals surface area contributed by atoms with Crippen LogP contribution < -0.4 is 15.4 Å². The second kappa shape index (κ2) is 32.0. The van der Waals surface area contributed by atoms with Gasteiger partial charge < -0.3 is 105 Å². The zero-order chi connectivity index (χ0) is 67.5. The Bertz CT molecular complexity index is 3230. The van der Waals surface area contributed by atoms with Gasteiger partial charge in [-0.05, 0) is 101 Å². The second-order valence-corrected chi connectivity index (χ2v) is 25.1. The maximum absolute atomic E-state index is 13.9. The Hall–Kier alpha value is -6.92. The third-order valence-corrected chi connectivity index (χ3v) is 17.7. The summed E-state index contributed by atoms with van der Waals surface area (Å²) in [5, 5.41) is 149. The number of carboxylic acids is 1. The van der Waals surface area contributed by atoms with E-state index in [4.69, 9.17) is 40.6 Å². The predicted octanol–water partition coefficient (Wildman–Crippen LogP) is 4.94. The number of aromatic hydroxyl groups is 2. The highest BCUT2D eigenvalue weighted by atomic mass is 32.1. The van der Waals surface area contributed by atoms with Crippen molar-refractivity contribution in [2.45, 2.75) is 195 Å². The number of aliphatic hydroxyl groups excluding tert-OH is 9. The summed E-state index contributed by atoms with van der Waals surface area (Å²) in [7, 11) is 0. The van der Waals surface area contributed by atoms with Crippen LogP contribution in [0.2, 0.25) is 0 Å². The minimum absolute atomic E-state index is 0.111. The van der Waals surface area contributed by atoms with Crippen LogP contribution in [0.25, 0.3) is 0 Å². The number of cyclic esters (lactones) is 1. The molecule has 0 radical (unpaired) electrons. The summed E-state index contributed by atoms with van der Waals surface area (Å²) in [5.74, 6) is -7.74. The average molecular weight is 1320 g/mol. The molecular formula is C68H86N2O22S. The van der Waals surface area contributed by atoms with Crippen LogP contribution >= 0.6 is 12.2 Å². The molecule has 25 heteroatoms. The highest BCUT2D eigenvalue weighted by molar-refractivity contribution is 7.80. The fraction of sp³-hybridized carbons (Fsp3) is 0.500. The van der Waals surface area contributed by atoms with Gasteiger partial charge in [0.15, 0.2) is 22.8 Å². The molecule has 93 heavy (non-hydrogen) atoms. The largest absolute Gasteiger partial charge is 0.508 e. The average Bonchev–Trinajstić information content (AvgIpc) is 1.61. The van der Waals surface area contributed by atoms with Crippen LogP contribution in [-0.4, -0.2) is 187 Å². The van der Waals surface area contributed by atoms with Gasteiger partial charge in [0.25, 0.3) is 0 Å². The number of ether oxygens (including phenoxy) is 6. The van der Waals surface area contributed by atoms with Gasteiger partial charge in [0, 0.05) is 65.6 Å². The standard InChI is InChI=1S/C68H86N2O22S/c1-36-17-15-13-11-9-7-5-6-8-10-12-14-16-18-46(33-56-58(63(83)84)53(78)35-67(86,91-56)34-52(77)51(76)26-22-41(71)28-44(74)29-45(75)32-57(79)87-38(3)37(2)60(36)80)89-65-62(82)59(61(81)39(4)88-65)70-66(93)69-40-19-23-48-47(27-40)64(85)92-68(48)49-24-20-42(72)30-54(49)90-55-31-43(73)21-25-50(55)68/h5-6,8,10-21,23-25,27,30-31,36-39,41,44-46,51-53,56,58-62,65,71-78,80-82,86H,7,9,22,26,28-29,32-35H2,1-4H3,(H,83,84)(H2,69,70,93)/b6-5+,10-8+,13-11+,14-12+,17-15+,18-16+/t36?,37?,38?,39-,41?,44?,45?,46?,51?,52?,53?,56?,58?,59+,60?,61-,62+,65+,67?/m1/s1. The van der Waals surface area contributed by atoms with Crippen molar-refractivity contribution >= 4 is 40.9 Å². The molecule has 0 amide bonds. The van der Waals surface area contributed by atoms with Gasteiger partial charge in [0.05, 0.1) is 79.1 Å². The number of fused-ring (bicyclic) bond motifs is 8. The van der Waals surface area contributed by atoms with Crippen LogP contribution in [0.1, 0.15) is 119 Å². The number of carbonyl (C=O) groups excluding carboxylic acids is 2. The Morgan fingerprint density at radius 2 is 1.26 bits per heavy atom. The molecule has 1 spiro atoms. The number of esters is 2. The molecule has 15 N–H and O–H groups in total. The smallest absolute Gasteiger partial charge is 0.340 e. The van der Waals surface area contributed by atoms with Crippen LogP contribution in [0.4, 0.5) is 5.69 Å². The summed E-state index contributed by atoms with van der Waals surface area (Å²) >= 11 is 5.71. The first kappa shape index (κ1) is 71.9. The van der Waals surface area contributed by atoms with Gasteiger partial charge in [0.1, 0.15) is 47.2 Å². The summed E-state index contributed by atoms with van der Waals surface area (Å²) < 4.78 is 36.2. The third kappa shape index (κ3) is 18.1. The number of carbonyl (C=O) groups is 3. The van der Waals surface area contributed by atoms with E-state index in [9.17, 15) is 80.8 Å². The first-order chi connectivity index (χ1) is 44.2. The van der Waals surface area contributed by atoms with Crippen molar-refractivity contribution < 1.29 is 109 Å². The van der Waals surface area contributed by atoms with E-state index in [1.54, 1.807) is 68.5 Å². The zero-order valence-corrected chi connectivity index (χ0v) is 52.8. The summed E-state index contributed by atoms with van der Waals surface area (Å²) in [5.41, 5.74) is 0.119. The number of rotatable bonds is 5. The molecule has 3 aromatic rings. The number of thiocarbonyl (C=S) groups is 1. The number of benzene rings is 3. The van der Waals surface area contributed by atoms with E-state index in [0.29, 0.717) is 29.5 Å². The number of aliphatic hydroxyl groups is 10. The van der Waals surface area contributed by atoms with Gasteiger partial charge in [-0.2, -0.15) is 0 Å². The molecule has 5 aliphatic rings. The van der Waals surface area contributed by atoms with Crippen molar-refractivity contribution in [3.05, 3.63) is 150 Å². The van der Waals surface area contributed by atoms with Gasteiger partial charge in [-0.25, -0.2) is 4.79 Å². The summed E-state index contributed by atoms with van der Waals surface area (Å²) in [6, 6.07) is 12.2. The molecule has 2 fully saturated rings. The highest BCUT2D eigenvalue weighted by Crippen LogP contribution is 2.57. The van der Waals surface area contributed by atoms with E-state index in [1.807, 2.05) is 43.4 Å². The third-order valence-electron chi connectivity index (χ3n) is 17.5. The van der Waals surface area contributed by atoms with E-state index < -0.39 is 158 Å².